The Morgan fingerprint density at radius 2 is 2.25 bits per heavy atom. The Balaban J connectivity index is 3.04. The van der Waals surface area contributed by atoms with Gasteiger partial charge in [-0.1, -0.05) is 18.2 Å². The van der Waals surface area contributed by atoms with Crippen LogP contribution in [0.4, 0.5) is 0 Å². The Hall–Kier alpha value is -1.86. The molecule has 0 bridgehead atoms. The zero-order valence-electron chi connectivity index (χ0n) is 8.97. The normalized spacial score (nSPS) is 11.8. The van der Waals surface area contributed by atoms with Crippen LogP contribution >= 0.6 is 0 Å². The van der Waals surface area contributed by atoms with Crippen LogP contribution in [0.15, 0.2) is 18.2 Å². The van der Waals surface area contributed by atoms with Crippen LogP contribution in [0.2, 0.25) is 0 Å². The predicted molar refractivity (Wildman–Crippen MR) is 57.7 cm³/mol. The van der Waals surface area contributed by atoms with Crippen molar-refractivity contribution in [2.75, 3.05) is 0 Å². The van der Waals surface area contributed by atoms with Gasteiger partial charge in [-0.2, -0.15) is 5.26 Å². The second-order valence-electron chi connectivity index (χ2n) is 3.53. The lowest BCUT2D eigenvalue weighted by atomic mass is 9.96. The molecule has 0 heterocycles. The molecule has 0 aliphatic heterocycles. The number of nitriles is 1. The van der Waals surface area contributed by atoms with Gasteiger partial charge in [0.05, 0.1) is 6.07 Å². The molecule has 1 aromatic carbocycles. The van der Waals surface area contributed by atoms with E-state index in [0.717, 1.165) is 11.1 Å². The van der Waals surface area contributed by atoms with Crippen molar-refractivity contribution in [1.29, 1.82) is 5.26 Å². The predicted octanol–water partition coefficient (Wildman–Crippen LogP) is 1.57. The summed E-state index contributed by atoms with van der Waals surface area (Å²) in [5.41, 5.74) is 2.04. The molecule has 0 aliphatic rings. The molecular weight excluding hydrogens is 206 g/mol. The lowest BCUT2D eigenvalue weighted by Gasteiger charge is -2.12. The van der Waals surface area contributed by atoms with Gasteiger partial charge in [0, 0.05) is 6.42 Å². The molecule has 1 unspecified atom stereocenters. The Morgan fingerprint density at radius 3 is 2.81 bits per heavy atom. The maximum atomic E-state index is 10.7. The van der Waals surface area contributed by atoms with Crippen LogP contribution in [-0.2, 0) is 11.2 Å². The molecule has 0 aliphatic carbocycles. The lowest BCUT2D eigenvalue weighted by Crippen LogP contribution is -2.12. The molecule has 0 aromatic heterocycles. The number of carbonyl (C=O) groups is 1. The van der Waals surface area contributed by atoms with Crippen molar-refractivity contribution in [3.63, 3.8) is 0 Å². The van der Waals surface area contributed by atoms with Gasteiger partial charge in [-0.15, -0.1) is 0 Å². The molecule has 0 saturated carbocycles. The highest BCUT2D eigenvalue weighted by Crippen LogP contribution is 2.21. The number of nitrogens with zero attached hydrogens (tertiary/aromatic N) is 1. The number of aryl methyl sites for hydroxylation is 1. The molecule has 0 fully saturated rings. The van der Waals surface area contributed by atoms with Gasteiger partial charge in [0.15, 0.2) is 6.10 Å². The summed E-state index contributed by atoms with van der Waals surface area (Å²) in [7, 11) is 0. The van der Waals surface area contributed by atoms with E-state index >= 15 is 0 Å². The molecule has 0 saturated heterocycles. The molecular formula is C12H13NO3. The first kappa shape index (κ1) is 12.2. The van der Waals surface area contributed by atoms with Gasteiger partial charge < -0.3 is 10.2 Å². The summed E-state index contributed by atoms with van der Waals surface area (Å²) in [5, 5.41) is 26.7. The number of aliphatic hydroxyl groups is 1. The molecule has 1 atom stereocenters. The SMILES string of the molecule is Cc1c(CCC#N)cccc1C(O)C(=O)O. The van der Waals surface area contributed by atoms with Crippen molar-refractivity contribution in [3.8, 4) is 6.07 Å². The van der Waals surface area contributed by atoms with Crippen LogP contribution in [0.25, 0.3) is 0 Å². The summed E-state index contributed by atoms with van der Waals surface area (Å²) in [6, 6.07) is 7.16. The Morgan fingerprint density at radius 1 is 1.56 bits per heavy atom. The van der Waals surface area contributed by atoms with E-state index in [1.165, 1.54) is 0 Å². The molecule has 0 spiro atoms. The van der Waals surface area contributed by atoms with E-state index in [9.17, 15) is 9.90 Å². The molecule has 0 radical (unpaired) electrons. The van der Waals surface area contributed by atoms with Crippen molar-refractivity contribution in [2.24, 2.45) is 0 Å². The minimum atomic E-state index is -1.50. The summed E-state index contributed by atoms with van der Waals surface area (Å²) in [5.74, 6) is -1.26. The number of aliphatic carboxylic acids is 1. The average Bonchev–Trinajstić information content (AvgIpc) is 2.26. The highest BCUT2D eigenvalue weighted by atomic mass is 16.4. The largest absolute Gasteiger partial charge is 0.479 e. The quantitative estimate of drug-likeness (QED) is 0.805. The fraction of sp³-hybridized carbons (Fsp3) is 0.333. The third kappa shape index (κ3) is 2.59. The van der Waals surface area contributed by atoms with Crippen LogP contribution in [0.3, 0.4) is 0 Å². The Bertz CT molecular complexity index is 434. The van der Waals surface area contributed by atoms with Crippen molar-refractivity contribution in [2.45, 2.75) is 25.9 Å². The highest BCUT2D eigenvalue weighted by molar-refractivity contribution is 5.74. The van der Waals surface area contributed by atoms with E-state index in [1.807, 2.05) is 12.1 Å². The molecule has 1 aromatic rings. The average molecular weight is 219 g/mol. The molecule has 1 rings (SSSR count). The third-order valence-corrected chi connectivity index (χ3v) is 2.52. The number of benzene rings is 1. The topological polar surface area (TPSA) is 81.3 Å². The van der Waals surface area contributed by atoms with Gasteiger partial charge in [0.1, 0.15) is 0 Å². The number of carboxylic acid groups (broad SMARTS) is 1. The second-order valence-corrected chi connectivity index (χ2v) is 3.53. The van der Waals surface area contributed by atoms with Gasteiger partial charge in [0.2, 0.25) is 0 Å². The van der Waals surface area contributed by atoms with Crippen LogP contribution in [-0.4, -0.2) is 16.2 Å². The Kier molecular flexibility index (Phi) is 4.03. The van der Waals surface area contributed by atoms with Gasteiger partial charge >= 0.3 is 5.97 Å². The van der Waals surface area contributed by atoms with E-state index in [2.05, 4.69) is 0 Å². The number of hydrogen-bond donors (Lipinski definition) is 2. The van der Waals surface area contributed by atoms with Crippen molar-refractivity contribution < 1.29 is 15.0 Å². The minimum Gasteiger partial charge on any atom is -0.479 e. The van der Waals surface area contributed by atoms with Crippen LogP contribution in [0.1, 0.15) is 29.2 Å². The summed E-state index contributed by atoms with van der Waals surface area (Å²) in [4.78, 5) is 10.7. The van der Waals surface area contributed by atoms with E-state index < -0.39 is 12.1 Å². The van der Waals surface area contributed by atoms with Gasteiger partial charge in [-0.05, 0) is 30.0 Å². The zero-order valence-corrected chi connectivity index (χ0v) is 8.97. The molecule has 4 heteroatoms. The van der Waals surface area contributed by atoms with Crippen molar-refractivity contribution in [3.05, 3.63) is 34.9 Å². The third-order valence-electron chi connectivity index (χ3n) is 2.52. The molecule has 16 heavy (non-hydrogen) atoms. The van der Waals surface area contributed by atoms with Crippen molar-refractivity contribution >= 4 is 5.97 Å². The van der Waals surface area contributed by atoms with E-state index in [4.69, 9.17) is 10.4 Å². The fourth-order valence-electron chi connectivity index (χ4n) is 1.59. The van der Waals surface area contributed by atoms with Crippen LogP contribution < -0.4 is 0 Å². The van der Waals surface area contributed by atoms with Gasteiger partial charge in [-0.3, -0.25) is 0 Å². The second kappa shape index (κ2) is 5.29. The maximum Gasteiger partial charge on any atom is 0.337 e. The molecule has 0 amide bonds. The maximum absolute atomic E-state index is 10.7. The highest BCUT2D eigenvalue weighted by Gasteiger charge is 2.18. The summed E-state index contributed by atoms with van der Waals surface area (Å²) in [6.07, 6.45) is -0.544. The number of rotatable bonds is 4. The number of carboxylic acids is 1. The number of aliphatic hydroxyl groups excluding tert-OH is 1. The lowest BCUT2D eigenvalue weighted by molar-refractivity contribution is -0.147. The first-order valence-electron chi connectivity index (χ1n) is 4.94. The van der Waals surface area contributed by atoms with E-state index in [0.29, 0.717) is 18.4 Å². The smallest absolute Gasteiger partial charge is 0.337 e. The fourth-order valence-corrected chi connectivity index (χ4v) is 1.59. The molecule has 84 valence electrons. The summed E-state index contributed by atoms with van der Waals surface area (Å²) in [6.45, 7) is 1.76. The first-order valence-corrected chi connectivity index (χ1v) is 4.94. The summed E-state index contributed by atoms with van der Waals surface area (Å²) >= 11 is 0. The van der Waals surface area contributed by atoms with Crippen molar-refractivity contribution in [1.82, 2.24) is 0 Å². The van der Waals surface area contributed by atoms with Gasteiger partial charge in [0.25, 0.3) is 0 Å². The first-order chi connectivity index (χ1) is 7.57. The van der Waals surface area contributed by atoms with Crippen LogP contribution in [0.5, 0.6) is 0 Å². The molecule has 4 nitrogen and oxygen atoms in total. The monoisotopic (exact) mass is 219 g/mol. The van der Waals surface area contributed by atoms with E-state index in [1.54, 1.807) is 19.1 Å². The number of hydrogen-bond acceptors (Lipinski definition) is 3. The minimum absolute atomic E-state index is 0.382. The van der Waals surface area contributed by atoms with Gasteiger partial charge in [-0.25, -0.2) is 4.79 Å². The summed E-state index contributed by atoms with van der Waals surface area (Å²) < 4.78 is 0. The van der Waals surface area contributed by atoms with E-state index in [-0.39, 0.29) is 0 Å². The zero-order chi connectivity index (χ0) is 12.1. The standard InChI is InChI=1S/C12H13NO3/c1-8-9(5-3-7-13)4-2-6-10(8)11(14)12(15)16/h2,4,6,11,14H,3,5H2,1H3,(H,15,16). The van der Waals surface area contributed by atoms with Crippen LogP contribution in [0, 0.1) is 18.3 Å². The molecule has 2 N–H and O–H groups in total. The Labute approximate surface area is 93.8 Å².